The molecule has 1 amide bonds. The average molecular weight is 173 g/mol. The van der Waals surface area contributed by atoms with E-state index in [-0.39, 0.29) is 0 Å². The SMILES string of the molecule is CSN1CC(C(C)C)CC1=O. The van der Waals surface area contributed by atoms with Gasteiger partial charge in [-0.05, 0) is 11.8 Å². The molecule has 1 unspecified atom stereocenters. The Balaban J connectivity index is 2.49. The third-order valence-electron chi connectivity index (χ3n) is 2.28. The van der Waals surface area contributed by atoms with Gasteiger partial charge in [-0.2, -0.15) is 0 Å². The van der Waals surface area contributed by atoms with E-state index in [0.29, 0.717) is 17.7 Å². The Morgan fingerprint density at radius 1 is 1.64 bits per heavy atom. The molecule has 0 bridgehead atoms. The Morgan fingerprint density at radius 2 is 2.27 bits per heavy atom. The second-order valence-electron chi connectivity index (χ2n) is 3.35. The summed E-state index contributed by atoms with van der Waals surface area (Å²) < 4.78 is 1.87. The van der Waals surface area contributed by atoms with Gasteiger partial charge in [0.1, 0.15) is 0 Å². The first kappa shape index (κ1) is 8.91. The lowest BCUT2D eigenvalue weighted by Crippen LogP contribution is -2.17. The van der Waals surface area contributed by atoms with E-state index in [1.54, 1.807) is 11.9 Å². The highest BCUT2D eigenvalue weighted by Gasteiger charge is 2.30. The van der Waals surface area contributed by atoms with Crippen molar-refractivity contribution in [2.45, 2.75) is 20.3 Å². The van der Waals surface area contributed by atoms with Crippen LogP contribution < -0.4 is 0 Å². The zero-order valence-electron chi connectivity index (χ0n) is 7.33. The summed E-state index contributed by atoms with van der Waals surface area (Å²) >= 11 is 1.55. The maximum atomic E-state index is 11.2. The normalized spacial score (nSPS) is 25.3. The van der Waals surface area contributed by atoms with E-state index < -0.39 is 0 Å². The molecule has 1 rings (SSSR count). The molecule has 1 heterocycles. The number of carbonyl (C=O) groups excluding carboxylic acids is 1. The molecule has 1 aliphatic heterocycles. The second-order valence-corrected chi connectivity index (χ2v) is 4.15. The molecule has 11 heavy (non-hydrogen) atoms. The van der Waals surface area contributed by atoms with Crippen LogP contribution in [0.2, 0.25) is 0 Å². The van der Waals surface area contributed by atoms with E-state index in [2.05, 4.69) is 13.8 Å². The molecule has 64 valence electrons. The first-order chi connectivity index (χ1) is 5.15. The van der Waals surface area contributed by atoms with Crippen LogP contribution in [-0.4, -0.2) is 23.0 Å². The number of nitrogens with zero attached hydrogens (tertiary/aromatic N) is 1. The van der Waals surface area contributed by atoms with E-state index in [1.807, 2.05) is 10.6 Å². The summed E-state index contributed by atoms with van der Waals surface area (Å²) in [7, 11) is 0. The molecular weight excluding hydrogens is 158 g/mol. The van der Waals surface area contributed by atoms with Gasteiger partial charge in [-0.15, -0.1) is 0 Å². The van der Waals surface area contributed by atoms with Crippen LogP contribution in [0.3, 0.4) is 0 Å². The number of hydrogen-bond acceptors (Lipinski definition) is 2. The Hall–Kier alpha value is -0.180. The summed E-state index contributed by atoms with van der Waals surface area (Å²) in [5.41, 5.74) is 0. The van der Waals surface area contributed by atoms with Crippen molar-refractivity contribution in [1.82, 2.24) is 4.31 Å². The fourth-order valence-corrected chi connectivity index (χ4v) is 1.95. The molecule has 0 radical (unpaired) electrons. The van der Waals surface area contributed by atoms with Gasteiger partial charge in [0, 0.05) is 19.2 Å². The standard InChI is InChI=1S/C8H15NOS/c1-6(2)7-4-8(10)9(5-7)11-3/h6-7H,4-5H2,1-3H3. The summed E-state index contributed by atoms with van der Waals surface area (Å²) in [6.45, 7) is 5.31. The highest BCUT2D eigenvalue weighted by atomic mass is 32.2. The van der Waals surface area contributed by atoms with Crippen molar-refractivity contribution in [3.8, 4) is 0 Å². The summed E-state index contributed by atoms with van der Waals surface area (Å²) in [6, 6.07) is 0. The zero-order chi connectivity index (χ0) is 8.43. The molecule has 0 spiro atoms. The lowest BCUT2D eigenvalue weighted by molar-refractivity contribution is -0.123. The number of rotatable bonds is 2. The summed E-state index contributed by atoms with van der Waals surface area (Å²) in [4.78, 5) is 11.2. The first-order valence-corrected chi connectivity index (χ1v) is 5.17. The number of carbonyl (C=O) groups is 1. The van der Waals surface area contributed by atoms with Crippen molar-refractivity contribution in [1.29, 1.82) is 0 Å². The van der Waals surface area contributed by atoms with Crippen molar-refractivity contribution in [3.05, 3.63) is 0 Å². The van der Waals surface area contributed by atoms with Crippen LogP contribution in [0, 0.1) is 11.8 Å². The topological polar surface area (TPSA) is 20.3 Å². The van der Waals surface area contributed by atoms with Crippen molar-refractivity contribution in [2.75, 3.05) is 12.8 Å². The quantitative estimate of drug-likeness (QED) is 0.593. The van der Waals surface area contributed by atoms with Gasteiger partial charge in [0.25, 0.3) is 0 Å². The summed E-state index contributed by atoms with van der Waals surface area (Å²) in [6.07, 6.45) is 2.71. The minimum absolute atomic E-state index is 0.302. The molecule has 0 aromatic rings. The predicted octanol–water partition coefficient (Wildman–Crippen LogP) is 1.77. The monoisotopic (exact) mass is 173 g/mol. The van der Waals surface area contributed by atoms with Crippen molar-refractivity contribution >= 4 is 17.9 Å². The maximum absolute atomic E-state index is 11.2. The highest BCUT2D eigenvalue weighted by Crippen LogP contribution is 2.27. The minimum atomic E-state index is 0.302. The molecule has 3 heteroatoms. The fourth-order valence-electron chi connectivity index (χ4n) is 1.33. The van der Waals surface area contributed by atoms with Gasteiger partial charge in [-0.25, -0.2) is 0 Å². The maximum Gasteiger partial charge on any atom is 0.232 e. The number of amides is 1. The molecule has 0 aromatic carbocycles. The second kappa shape index (κ2) is 3.48. The van der Waals surface area contributed by atoms with Crippen LogP contribution in [0.15, 0.2) is 0 Å². The van der Waals surface area contributed by atoms with Crippen LogP contribution in [0.1, 0.15) is 20.3 Å². The lowest BCUT2D eigenvalue weighted by Gasteiger charge is -2.14. The molecule has 1 atom stereocenters. The Morgan fingerprint density at radius 3 is 2.55 bits per heavy atom. The fraction of sp³-hybridized carbons (Fsp3) is 0.875. The van der Waals surface area contributed by atoms with Crippen molar-refractivity contribution in [3.63, 3.8) is 0 Å². The van der Waals surface area contributed by atoms with Gasteiger partial charge < -0.3 is 0 Å². The molecule has 0 N–H and O–H groups in total. The van der Waals surface area contributed by atoms with Gasteiger partial charge in [0.2, 0.25) is 5.91 Å². The minimum Gasteiger partial charge on any atom is -0.286 e. The Bertz CT molecular complexity index is 158. The number of hydrogen-bond donors (Lipinski definition) is 0. The molecule has 1 aliphatic rings. The molecular formula is C8H15NOS. The van der Waals surface area contributed by atoms with Crippen LogP contribution in [0.25, 0.3) is 0 Å². The third kappa shape index (κ3) is 1.89. The predicted molar refractivity (Wildman–Crippen MR) is 48.2 cm³/mol. The highest BCUT2D eigenvalue weighted by molar-refractivity contribution is 7.96. The van der Waals surface area contributed by atoms with Gasteiger partial charge in [-0.3, -0.25) is 9.10 Å². The molecule has 0 saturated carbocycles. The zero-order valence-corrected chi connectivity index (χ0v) is 8.15. The Labute approximate surface area is 72.5 Å². The van der Waals surface area contributed by atoms with E-state index >= 15 is 0 Å². The summed E-state index contributed by atoms with van der Waals surface area (Å²) in [5.74, 6) is 1.52. The van der Waals surface area contributed by atoms with E-state index in [0.717, 1.165) is 13.0 Å². The smallest absolute Gasteiger partial charge is 0.232 e. The first-order valence-electron chi connectivity index (χ1n) is 3.99. The largest absolute Gasteiger partial charge is 0.286 e. The van der Waals surface area contributed by atoms with Crippen LogP contribution in [-0.2, 0) is 4.79 Å². The average Bonchev–Trinajstić information content (AvgIpc) is 2.31. The van der Waals surface area contributed by atoms with E-state index in [9.17, 15) is 4.79 Å². The molecule has 0 aromatic heterocycles. The molecule has 0 aliphatic carbocycles. The van der Waals surface area contributed by atoms with Gasteiger partial charge in [-0.1, -0.05) is 25.8 Å². The van der Waals surface area contributed by atoms with Crippen LogP contribution in [0.5, 0.6) is 0 Å². The van der Waals surface area contributed by atoms with Gasteiger partial charge in [0.05, 0.1) is 0 Å². The Kier molecular flexibility index (Phi) is 2.82. The molecule has 2 nitrogen and oxygen atoms in total. The molecule has 1 saturated heterocycles. The molecule has 1 fully saturated rings. The van der Waals surface area contributed by atoms with Crippen LogP contribution in [0.4, 0.5) is 0 Å². The van der Waals surface area contributed by atoms with E-state index in [1.165, 1.54) is 0 Å². The van der Waals surface area contributed by atoms with Crippen molar-refractivity contribution < 1.29 is 4.79 Å². The third-order valence-corrected chi connectivity index (χ3v) is 3.07. The summed E-state index contributed by atoms with van der Waals surface area (Å²) in [5, 5.41) is 0. The lowest BCUT2D eigenvalue weighted by atomic mass is 9.95. The van der Waals surface area contributed by atoms with Gasteiger partial charge >= 0.3 is 0 Å². The van der Waals surface area contributed by atoms with Crippen LogP contribution >= 0.6 is 11.9 Å². The van der Waals surface area contributed by atoms with Crippen molar-refractivity contribution in [2.24, 2.45) is 11.8 Å². The van der Waals surface area contributed by atoms with E-state index in [4.69, 9.17) is 0 Å². The van der Waals surface area contributed by atoms with Gasteiger partial charge in [0.15, 0.2) is 0 Å².